The Balaban J connectivity index is 2.32. The van der Waals surface area contributed by atoms with Gasteiger partial charge in [-0.05, 0) is 18.3 Å². The minimum Gasteiger partial charge on any atom is -0.299 e. The Kier molecular flexibility index (Phi) is 5.35. The van der Waals surface area contributed by atoms with E-state index in [0.29, 0.717) is 5.78 Å². The Morgan fingerprint density at radius 1 is 1.20 bits per heavy atom. The zero-order valence-electron chi connectivity index (χ0n) is 10.6. The highest BCUT2D eigenvalue weighted by atomic mass is 16.1. The van der Waals surface area contributed by atoms with Gasteiger partial charge in [0.25, 0.3) is 0 Å². The van der Waals surface area contributed by atoms with Crippen LogP contribution in [0.2, 0.25) is 0 Å². The highest BCUT2D eigenvalue weighted by Gasteiger charge is 2.24. The number of hydrogen-bond acceptors (Lipinski definition) is 1. The first-order valence-electron chi connectivity index (χ1n) is 6.67. The van der Waals surface area contributed by atoms with Crippen molar-refractivity contribution in [3.8, 4) is 0 Å². The Morgan fingerprint density at radius 3 is 2.33 bits per heavy atom. The molecule has 1 aliphatic rings. The SMILES string of the molecule is CCC1CCCCC1CCC(=O)C(C)C. The molecule has 1 saturated carbocycles. The molecule has 0 saturated heterocycles. The fourth-order valence-corrected chi connectivity index (χ4v) is 2.82. The number of Topliss-reactive ketones (excluding diaryl/α,β-unsaturated/α-hetero) is 1. The van der Waals surface area contributed by atoms with E-state index in [1.54, 1.807) is 0 Å². The van der Waals surface area contributed by atoms with Gasteiger partial charge in [0, 0.05) is 12.3 Å². The zero-order valence-corrected chi connectivity index (χ0v) is 10.6. The van der Waals surface area contributed by atoms with Crippen LogP contribution in [0.3, 0.4) is 0 Å². The van der Waals surface area contributed by atoms with Gasteiger partial charge >= 0.3 is 0 Å². The number of rotatable bonds is 5. The first kappa shape index (κ1) is 12.7. The molecule has 1 rings (SSSR count). The number of hydrogen-bond donors (Lipinski definition) is 0. The summed E-state index contributed by atoms with van der Waals surface area (Å²) in [5, 5.41) is 0. The van der Waals surface area contributed by atoms with Crippen LogP contribution in [0.4, 0.5) is 0 Å². The first-order valence-corrected chi connectivity index (χ1v) is 6.67. The second kappa shape index (κ2) is 6.30. The number of carbonyl (C=O) groups is 1. The van der Waals surface area contributed by atoms with Crippen molar-refractivity contribution in [1.82, 2.24) is 0 Å². The summed E-state index contributed by atoms with van der Waals surface area (Å²) in [6, 6.07) is 0. The Bertz CT molecular complexity index is 196. The van der Waals surface area contributed by atoms with Crippen molar-refractivity contribution in [2.24, 2.45) is 17.8 Å². The molecule has 88 valence electrons. The van der Waals surface area contributed by atoms with Crippen LogP contribution in [0.5, 0.6) is 0 Å². The Morgan fingerprint density at radius 2 is 1.80 bits per heavy atom. The van der Waals surface area contributed by atoms with E-state index >= 15 is 0 Å². The van der Waals surface area contributed by atoms with Gasteiger partial charge < -0.3 is 0 Å². The van der Waals surface area contributed by atoms with Crippen LogP contribution in [0, 0.1) is 17.8 Å². The minimum absolute atomic E-state index is 0.230. The maximum atomic E-state index is 11.6. The summed E-state index contributed by atoms with van der Waals surface area (Å²) in [6.45, 7) is 6.33. The molecule has 2 atom stereocenters. The highest BCUT2D eigenvalue weighted by molar-refractivity contribution is 5.80. The smallest absolute Gasteiger partial charge is 0.135 e. The van der Waals surface area contributed by atoms with Crippen LogP contribution in [-0.2, 0) is 4.79 Å². The van der Waals surface area contributed by atoms with E-state index in [4.69, 9.17) is 0 Å². The maximum Gasteiger partial charge on any atom is 0.135 e. The molecule has 15 heavy (non-hydrogen) atoms. The van der Waals surface area contributed by atoms with Crippen molar-refractivity contribution in [2.75, 3.05) is 0 Å². The predicted octanol–water partition coefficient (Wildman–Crippen LogP) is 4.21. The van der Waals surface area contributed by atoms with Crippen LogP contribution in [0.15, 0.2) is 0 Å². The molecule has 0 aromatic heterocycles. The van der Waals surface area contributed by atoms with Gasteiger partial charge in [0.1, 0.15) is 5.78 Å². The number of carbonyl (C=O) groups excluding carboxylic acids is 1. The lowest BCUT2D eigenvalue weighted by Crippen LogP contribution is -2.20. The summed E-state index contributed by atoms with van der Waals surface area (Å²) < 4.78 is 0. The molecule has 0 heterocycles. The standard InChI is InChI=1S/C14H26O/c1-4-12-7-5-6-8-13(12)9-10-14(15)11(2)3/h11-13H,4-10H2,1-3H3. The van der Waals surface area contributed by atoms with E-state index in [1.807, 2.05) is 13.8 Å². The molecule has 0 aromatic carbocycles. The molecule has 1 heteroatoms. The molecule has 0 N–H and O–H groups in total. The minimum atomic E-state index is 0.230. The van der Waals surface area contributed by atoms with Crippen molar-refractivity contribution in [3.63, 3.8) is 0 Å². The second-order valence-electron chi connectivity index (χ2n) is 5.37. The molecule has 1 fully saturated rings. The third-order valence-corrected chi connectivity index (χ3v) is 4.00. The summed E-state index contributed by atoms with van der Waals surface area (Å²) in [4.78, 5) is 11.6. The van der Waals surface area contributed by atoms with Crippen LogP contribution in [0.25, 0.3) is 0 Å². The van der Waals surface area contributed by atoms with Crippen LogP contribution >= 0.6 is 0 Å². The van der Waals surface area contributed by atoms with Gasteiger partial charge in [-0.15, -0.1) is 0 Å². The summed E-state index contributed by atoms with van der Waals surface area (Å²) in [5.74, 6) is 2.43. The van der Waals surface area contributed by atoms with E-state index in [1.165, 1.54) is 32.1 Å². The maximum absolute atomic E-state index is 11.6. The van der Waals surface area contributed by atoms with Crippen molar-refractivity contribution in [3.05, 3.63) is 0 Å². The van der Waals surface area contributed by atoms with Crippen molar-refractivity contribution in [2.45, 2.75) is 65.7 Å². The molecule has 0 bridgehead atoms. The lowest BCUT2D eigenvalue weighted by Gasteiger charge is -2.30. The molecule has 0 aromatic rings. The van der Waals surface area contributed by atoms with E-state index in [0.717, 1.165) is 24.7 Å². The highest BCUT2D eigenvalue weighted by Crippen LogP contribution is 2.35. The van der Waals surface area contributed by atoms with E-state index in [-0.39, 0.29) is 5.92 Å². The average molecular weight is 210 g/mol. The molecular weight excluding hydrogens is 184 g/mol. The Labute approximate surface area is 94.6 Å². The summed E-state index contributed by atoms with van der Waals surface area (Å²) in [6.07, 6.45) is 8.83. The van der Waals surface area contributed by atoms with Gasteiger partial charge in [-0.3, -0.25) is 4.79 Å². The summed E-state index contributed by atoms with van der Waals surface area (Å²) in [7, 11) is 0. The van der Waals surface area contributed by atoms with Crippen molar-refractivity contribution < 1.29 is 4.79 Å². The molecule has 1 nitrogen and oxygen atoms in total. The van der Waals surface area contributed by atoms with E-state index in [9.17, 15) is 4.79 Å². The molecule has 0 spiro atoms. The zero-order chi connectivity index (χ0) is 11.3. The molecule has 0 radical (unpaired) electrons. The van der Waals surface area contributed by atoms with Crippen molar-refractivity contribution >= 4 is 5.78 Å². The van der Waals surface area contributed by atoms with Gasteiger partial charge in [-0.2, -0.15) is 0 Å². The van der Waals surface area contributed by atoms with Crippen LogP contribution in [-0.4, -0.2) is 5.78 Å². The summed E-state index contributed by atoms with van der Waals surface area (Å²) in [5.41, 5.74) is 0. The fourth-order valence-electron chi connectivity index (χ4n) is 2.82. The summed E-state index contributed by atoms with van der Waals surface area (Å²) >= 11 is 0. The van der Waals surface area contributed by atoms with Crippen LogP contribution in [0.1, 0.15) is 65.7 Å². The quantitative estimate of drug-likeness (QED) is 0.664. The molecule has 2 unspecified atom stereocenters. The molecule has 1 aliphatic carbocycles. The monoisotopic (exact) mass is 210 g/mol. The van der Waals surface area contributed by atoms with Gasteiger partial charge in [-0.25, -0.2) is 0 Å². The van der Waals surface area contributed by atoms with E-state index < -0.39 is 0 Å². The topological polar surface area (TPSA) is 17.1 Å². The predicted molar refractivity (Wildman–Crippen MR) is 64.8 cm³/mol. The average Bonchev–Trinajstić information content (AvgIpc) is 2.26. The van der Waals surface area contributed by atoms with Gasteiger partial charge in [-0.1, -0.05) is 52.9 Å². The van der Waals surface area contributed by atoms with E-state index in [2.05, 4.69) is 6.92 Å². The lowest BCUT2D eigenvalue weighted by molar-refractivity contribution is -0.122. The van der Waals surface area contributed by atoms with Gasteiger partial charge in [0.05, 0.1) is 0 Å². The van der Waals surface area contributed by atoms with Gasteiger partial charge in [0.2, 0.25) is 0 Å². The molecule has 0 amide bonds. The van der Waals surface area contributed by atoms with Crippen LogP contribution < -0.4 is 0 Å². The second-order valence-corrected chi connectivity index (χ2v) is 5.37. The largest absolute Gasteiger partial charge is 0.299 e. The normalized spacial score (nSPS) is 26.9. The Hall–Kier alpha value is -0.330. The number of ketones is 1. The lowest BCUT2D eigenvalue weighted by atomic mass is 9.75. The fraction of sp³-hybridized carbons (Fsp3) is 0.929. The third-order valence-electron chi connectivity index (χ3n) is 4.00. The van der Waals surface area contributed by atoms with Crippen molar-refractivity contribution in [1.29, 1.82) is 0 Å². The molecule has 0 aliphatic heterocycles. The first-order chi connectivity index (χ1) is 7.15. The van der Waals surface area contributed by atoms with Gasteiger partial charge in [0.15, 0.2) is 0 Å². The molecular formula is C14H26O. The third kappa shape index (κ3) is 3.96.